The third-order valence-corrected chi connectivity index (χ3v) is 5.90. The fraction of sp³-hybridized carbons (Fsp3) is 0.227. The van der Waals surface area contributed by atoms with Crippen molar-refractivity contribution in [2.75, 3.05) is 5.75 Å². The van der Waals surface area contributed by atoms with Crippen molar-refractivity contribution in [1.29, 1.82) is 0 Å². The van der Waals surface area contributed by atoms with E-state index >= 15 is 0 Å². The number of rotatable bonds is 7. The predicted octanol–water partition coefficient (Wildman–Crippen LogP) is 2.54. The second kappa shape index (κ2) is 9.82. The molecular weight excluding hydrogens is 447 g/mol. The van der Waals surface area contributed by atoms with Crippen LogP contribution >= 0.6 is 11.8 Å². The van der Waals surface area contributed by atoms with Crippen LogP contribution in [0, 0.1) is 5.82 Å². The lowest BCUT2D eigenvalue weighted by atomic mass is 10.2. The Balaban J connectivity index is 1.51. The summed E-state index contributed by atoms with van der Waals surface area (Å²) in [4.78, 5) is 37.3. The van der Waals surface area contributed by atoms with Gasteiger partial charge in [0.15, 0.2) is 5.16 Å². The molecule has 2 heterocycles. The van der Waals surface area contributed by atoms with Gasteiger partial charge in [0.05, 0.1) is 16.7 Å². The zero-order valence-electron chi connectivity index (χ0n) is 17.7. The number of para-hydroxylation sites is 1. The van der Waals surface area contributed by atoms with Crippen molar-refractivity contribution in [3.8, 4) is 0 Å². The normalized spacial score (nSPS) is 11.1. The van der Waals surface area contributed by atoms with Gasteiger partial charge in [0.2, 0.25) is 11.7 Å². The molecule has 4 aromatic rings. The Kier molecular flexibility index (Phi) is 6.68. The maximum absolute atomic E-state index is 13.0. The van der Waals surface area contributed by atoms with Gasteiger partial charge in [-0.1, -0.05) is 37.2 Å². The molecule has 0 saturated heterocycles. The van der Waals surface area contributed by atoms with Crippen LogP contribution in [0.5, 0.6) is 0 Å². The van der Waals surface area contributed by atoms with E-state index < -0.39 is 17.6 Å². The summed E-state index contributed by atoms with van der Waals surface area (Å²) in [6.45, 7) is 2.56. The lowest BCUT2D eigenvalue weighted by Crippen LogP contribution is -2.42. The van der Waals surface area contributed by atoms with Crippen molar-refractivity contribution in [1.82, 2.24) is 30.0 Å². The van der Waals surface area contributed by atoms with Crippen molar-refractivity contribution in [3.63, 3.8) is 0 Å². The monoisotopic (exact) mass is 468 g/mol. The minimum Gasteiger partial charge on any atom is -0.276 e. The van der Waals surface area contributed by atoms with E-state index in [0.717, 1.165) is 36.7 Å². The zero-order chi connectivity index (χ0) is 23.4. The molecule has 11 heteroatoms. The summed E-state index contributed by atoms with van der Waals surface area (Å²) in [6.07, 6.45) is 1.74. The van der Waals surface area contributed by atoms with Crippen molar-refractivity contribution < 1.29 is 14.0 Å². The third-order valence-electron chi connectivity index (χ3n) is 4.97. The number of carbonyl (C=O) groups is 2. The largest absolute Gasteiger partial charge is 0.276 e. The van der Waals surface area contributed by atoms with Crippen LogP contribution in [-0.4, -0.2) is 36.7 Å². The number of carbonyl (C=O) groups excluding carboxylic acids is 2. The van der Waals surface area contributed by atoms with Gasteiger partial charge in [-0.3, -0.25) is 34.2 Å². The van der Waals surface area contributed by atoms with E-state index in [-0.39, 0.29) is 16.9 Å². The topological polar surface area (TPSA) is 110 Å². The SMILES string of the molecule is CCCCn1c(=O)c2ccccc2n2c(SCC(=O)NNC(=O)c3ccc(F)cc3)nnc12. The van der Waals surface area contributed by atoms with E-state index in [1.54, 1.807) is 21.1 Å². The number of benzene rings is 2. The standard InChI is InChI=1S/C22H21FN6O3S/c1-2-3-12-28-20(32)16-6-4-5-7-17(16)29-21(28)26-27-22(29)33-13-18(30)24-25-19(31)14-8-10-15(23)11-9-14/h4-11H,2-3,12-13H2,1H3,(H,24,30)(H,25,31). The summed E-state index contributed by atoms with van der Waals surface area (Å²) in [5.41, 5.74) is 5.36. The zero-order valence-corrected chi connectivity index (χ0v) is 18.6. The molecule has 0 atom stereocenters. The van der Waals surface area contributed by atoms with E-state index in [1.165, 1.54) is 12.1 Å². The van der Waals surface area contributed by atoms with Gasteiger partial charge in [0, 0.05) is 12.1 Å². The van der Waals surface area contributed by atoms with Gasteiger partial charge in [-0.2, -0.15) is 0 Å². The quantitative estimate of drug-likeness (QED) is 0.319. The number of thioether (sulfide) groups is 1. The number of aryl methyl sites for hydroxylation is 1. The van der Waals surface area contributed by atoms with Crippen molar-refractivity contribution >= 4 is 40.3 Å². The highest BCUT2D eigenvalue weighted by Crippen LogP contribution is 2.21. The Labute approximate surface area is 192 Å². The average molecular weight is 469 g/mol. The Hall–Kier alpha value is -3.73. The lowest BCUT2D eigenvalue weighted by Gasteiger charge is -2.11. The van der Waals surface area contributed by atoms with E-state index in [2.05, 4.69) is 21.0 Å². The number of halogens is 1. The summed E-state index contributed by atoms with van der Waals surface area (Å²) >= 11 is 1.13. The molecule has 2 N–H and O–H groups in total. The van der Waals surface area contributed by atoms with Gasteiger partial charge in [0.25, 0.3) is 11.5 Å². The molecule has 0 unspecified atom stereocenters. The lowest BCUT2D eigenvalue weighted by molar-refractivity contribution is -0.119. The highest BCUT2D eigenvalue weighted by atomic mass is 32.2. The molecule has 0 radical (unpaired) electrons. The minimum atomic E-state index is -0.563. The molecule has 9 nitrogen and oxygen atoms in total. The van der Waals surface area contributed by atoms with Crippen molar-refractivity contribution in [2.24, 2.45) is 0 Å². The maximum Gasteiger partial charge on any atom is 0.269 e. The molecule has 0 aliphatic rings. The van der Waals surface area contributed by atoms with Gasteiger partial charge in [-0.05, 0) is 42.8 Å². The Bertz CT molecular complexity index is 1380. The van der Waals surface area contributed by atoms with Crippen LogP contribution in [0.2, 0.25) is 0 Å². The molecule has 2 aromatic heterocycles. The summed E-state index contributed by atoms with van der Waals surface area (Å²) in [5.74, 6) is -1.12. The summed E-state index contributed by atoms with van der Waals surface area (Å²) in [7, 11) is 0. The Morgan fingerprint density at radius 1 is 1.06 bits per heavy atom. The third kappa shape index (κ3) is 4.72. The van der Waals surface area contributed by atoms with Crippen molar-refractivity contribution in [2.45, 2.75) is 31.5 Å². The number of unbranched alkanes of at least 4 members (excludes halogenated alkanes) is 1. The van der Waals surface area contributed by atoms with E-state index in [0.29, 0.717) is 28.4 Å². The van der Waals surface area contributed by atoms with E-state index in [9.17, 15) is 18.8 Å². The first-order valence-corrected chi connectivity index (χ1v) is 11.3. The second-order valence-electron chi connectivity index (χ2n) is 7.24. The highest BCUT2D eigenvalue weighted by Gasteiger charge is 2.17. The molecule has 0 fully saturated rings. The molecule has 0 saturated carbocycles. The number of aromatic nitrogens is 4. The van der Waals surface area contributed by atoms with Crippen LogP contribution in [0.1, 0.15) is 30.1 Å². The molecule has 33 heavy (non-hydrogen) atoms. The molecule has 0 bridgehead atoms. The molecule has 170 valence electrons. The number of nitrogens with one attached hydrogen (secondary N) is 2. The van der Waals surface area contributed by atoms with Gasteiger partial charge in [-0.25, -0.2) is 4.39 Å². The molecule has 2 aromatic carbocycles. The molecule has 2 amide bonds. The fourth-order valence-corrected chi connectivity index (χ4v) is 4.05. The first-order valence-electron chi connectivity index (χ1n) is 10.3. The minimum absolute atomic E-state index is 0.0487. The summed E-state index contributed by atoms with van der Waals surface area (Å²) < 4.78 is 16.3. The Morgan fingerprint density at radius 2 is 1.82 bits per heavy atom. The van der Waals surface area contributed by atoms with Crippen LogP contribution in [0.4, 0.5) is 4.39 Å². The van der Waals surface area contributed by atoms with Crippen LogP contribution < -0.4 is 16.4 Å². The number of amides is 2. The maximum atomic E-state index is 13.0. The van der Waals surface area contributed by atoms with Crippen LogP contribution in [-0.2, 0) is 11.3 Å². The first kappa shape index (κ1) is 22.5. The van der Waals surface area contributed by atoms with E-state index in [4.69, 9.17) is 0 Å². The van der Waals surface area contributed by atoms with E-state index in [1.807, 2.05) is 19.1 Å². The number of hydrogen-bond acceptors (Lipinski definition) is 6. The van der Waals surface area contributed by atoms with Crippen LogP contribution in [0.3, 0.4) is 0 Å². The van der Waals surface area contributed by atoms with Gasteiger partial charge in [-0.15, -0.1) is 10.2 Å². The number of hydrogen-bond donors (Lipinski definition) is 2. The molecule has 0 aliphatic carbocycles. The molecular formula is C22H21FN6O3S. The van der Waals surface area contributed by atoms with Crippen LogP contribution in [0.25, 0.3) is 16.7 Å². The average Bonchev–Trinajstić information content (AvgIpc) is 3.25. The smallest absolute Gasteiger partial charge is 0.269 e. The first-order chi connectivity index (χ1) is 16.0. The van der Waals surface area contributed by atoms with Crippen molar-refractivity contribution in [3.05, 3.63) is 70.3 Å². The second-order valence-corrected chi connectivity index (χ2v) is 8.19. The van der Waals surface area contributed by atoms with Gasteiger partial charge < -0.3 is 0 Å². The molecule has 0 spiro atoms. The summed E-state index contributed by atoms with van der Waals surface area (Å²) in [6, 6.07) is 12.1. The highest BCUT2D eigenvalue weighted by molar-refractivity contribution is 7.99. The van der Waals surface area contributed by atoms with Crippen LogP contribution in [0.15, 0.2) is 58.5 Å². The molecule has 4 rings (SSSR count). The number of hydrazine groups is 1. The number of nitrogens with zero attached hydrogens (tertiary/aromatic N) is 4. The van der Waals surface area contributed by atoms with Gasteiger partial charge in [0.1, 0.15) is 5.82 Å². The summed E-state index contributed by atoms with van der Waals surface area (Å²) in [5, 5.41) is 9.39. The van der Waals surface area contributed by atoms with Gasteiger partial charge >= 0.3 is 0 Å². The fourth-order valence-electron chi connectivity index (χ4n) is 3.31. The predicted molar refractivity (Wildman–Crippen MR) is 122 cm³/mol. The molecule has 0 aliphatic heterocycles. The number of fused-ring (bicyclic) bond motifs is 3. The Morgan fingerprint density at radius 3 is 2.58 bits per heavy atom.